The van der Waals surface area contributed by atoms with Crippen LogP contribution in [0.4, 0.5) is 0 Å². The number of nitrogens with zero attached hydrogens (tertiary/aromatic N) is 2. The molecule has 0 bridgehead atoms. The molecule has 1 aliphatic rings. The molecule has 2 aromatic heterocycles. The van der Waals surface area contributed by atoms with Gasteiger partial charge < -0.3 is 14.2 Å². The topological polar surface area (TPSA) is 79.1 Å². The zero-order valence-corrected chi connectivity index (χ0v) is 21.5. The van der Waals surface area contributed by atoms with Crippen molar-refractivity contribution in [1.29, 1.82) is 0 Å². The summed E-state index contributed by atoms with van der Waals surface area (Å²) in [5, 5.41) is 1.99. The molecule has 0 aliphatic carbocycles. The second-order valence-electron chi connectivity index (χ2n) is 8.11. The molecule has 3 aromatic rings. The van der Waals surface area contributed by atoms with Gasteiger partial charge in [0.1, 0.15) is 17.5 Å². The van der Waals surface area contributed by atoms with Crippen molar-refractivity contribution < 1.29 is 19.0 Å². The second-order valence-corrected chi connectivity index (χ2v) is 10.1. The molecule has 0 radical (unpaired) electrons. The van der Waals surface area contributed by atoms with Crippen molar-refractivity contribution in [2.24, 2.45) is 4.99 Å². The summed E-state index contributed by atoms with van der Waals surface area (Å²) in [6.07, 6.45) is 1.56. The fourth-order valence-corrected chi connectivity index (χ4v) is 5.82. The molecule has 9 heteroatoms. The number of benzene rings is 1. The number of esters is 1. The number of aryl methyl sites for hydroxylation is 1. The van der Waals surface area contributed by atoms with E-state index >= 15 is 0 Å². The van der Waals surface area contributed by atoms with Crippen LogP contribution in [0.5, 0.6) is 11.5 Å². The third-order valence-electron chi connectivity index (χ3n) is 5.48. The lowest BCUT2D eigenvalue weighted by Crippen LogP contribution is -2.40. The van der Waals surface area contributed by atoms with Gasteiger partial charge in [0.15, 0.2) is 4.80 Å². The van der Waals surface area contributed by atoms with Gasteiger partial charge in [-0.1, -0.05) is 11.3 Å². The van der Waals surface area contributed by atoms with Crippen LogP contribution in [0.2, 0.25) is 0 Å². The quantitative estimate of drug-likeness (QED) is 0.486. The highest BCUT2D eigenvalue weighted by molar-refractivity contribution is 7.11. The number of rotatable bonds is 6. The molecule has 0 saturated heterocycles. The van der Waals surface area contributed by atoms with Crippen molar-refractivity contribution in [1.82, 2.24) is 4.57 Å². The van der Waals surface area contributed by atoms with Crippen LogP contribution in [-0.4, -0.2) is 30.9 Å². The Bertz CT molecular complexity index is 1460. The van der Waals surface area contributed by atoms with Gasteiger partial charge in [0.2, 0.25) is 0 Å². The molecular weight excluding hydrogens is 472 g/mol. The standard InChI is InChI=1S/C25H26N2O5S2/c1-13(2)32-24(29)21-15(4)26-25-27(22(21)17-11-16(30-5)7-8-18(17)31-6)23(28)20(34-25)12-19-14(3)9-10-33-19/h7-13,22H,1-6H3/t22-/m0/s1. The highest BCUT2D eigenvalue weighted by Gasteiger charge is 2.35. The summed E-state index contributed by atoms with van der Waals surface area (Å²) in [5.41, 5.74) is 2.28. The van der Waals surface area contributed by atoms with E-state index in [1.165, 1.54) is 11.3 Å². The van der Waals surface area contributed by atoms with Gasteiger partial charge in [-0.3, -0.25) is 9.36 Å². The number of carbonyl (C=O) groups excluding carboxylic acids is 1. The Labute approximate surface area is 205 Å². The molecule has 1 aliphatic heterocycles. The van der Waals surface area contributed by atoms with Gasteiger partial charge in [0.25, 0.3) is 5.56 Å². The number of carbonyl (C=O) groups is 1. The lowest BCUT2D eigenvalue weighted by Gasteiger charge is -2.26. The summed E-state index contributed by atoms with van der Waals surface area (Å²) >= 11 is 2.87. The summed E-state index contributed by atoms with van der Waals surface area (Å²) in [6, 6.07) is 6.56. The number of fused-ring (bicyclic) bond motifs is 1. The number of thiophene rings is 1. The number of ether oxygens (including phenoxy) is 3. The Balaban J connectivity index is 2.03. The summed E-state index contributed by atoms with van der Waals surface area (Å²) in [5.74, 6) is 0.590. The summed E-state index contributed by atoms with van der Waals surface area (Å²) in [7, 11) is 3.12. The molecule has 0 saturated carbocycles. The molecule has 0 N–H and O–H groups in total. The zero-order valence-electron chi connectivity index (χ0n) is 19.9. The second kappa shape index (κ2) is 9.60. The minimum absolute atomic E-state index is 0.228. The summed E-state index contributed by atoms with van der Waals surface area (Å²) in [4.78, 5) is 33.1. The maximum Gasteiger partial charge on any atom is 0.338 e. The number of thiazole rings is 1. The smallest absolute Gasteiger partial charge is 0.338 e. The highest BCUT2D eigenvalue weighted by atomic mass is 32.1. The Morgan fingerprint density at radius 3 is 2.56 bits per heavy atom. The molecule has 0 unspecified atom stereocenters. The van der Waals surface area contributed by atoms with Crippen molar-refractivity contribution in [3.05, 3.63) is 76.6 Å². The third-order valence-corrected chi connectivity index (χ3v) is 7.43. The lowest BCUT2D eigenvalue weighted by molar-refractivity contribution is -0.143. The summed E-state index contributed by atoms with van der Waals surface area (Å²) < 4.78 is 18.7. The average molecular weight is 499 g/mol. The Kier molecular flexibility index (Phi) is 6.77. The van der Waals surface area contributed by atoms with Crippen LogP contribution >= 0.6 is 22.7 Å². The molecule has 4 rings (SSSR count). The van der Waals surface area contributed by atoms with E-state index in [9.17, 15) is 9.59 Å². The van der Waals surface area contributed by atoms with E-state index in [1.807, 2.05) is 24.4 Å². The average Bonchev–Trinajstić information content (AvgIpc) is 3.34. The predicted molar refractivity (Wildman–Crippen MR) is 134 cm³/mol. The first kappa shape index (κ1) is 24.0. The molecule has 178 valence electrons. The van der Waals surface area contributed by atoms with E-state index in [0.717, 1.165) is 10.4 Å². The minimum atomic E-state index is -0.779. The lowest BCUT2D eigenvalue weighted by atomic mass is 9.94. The van der Waals surface area contributed by atoms with Crippen LogP contribution in [0, 0.1) is 6.92 Å². The first-order valence-corrected chi connectivity index (χ1v) is 12.4. The van der Waals surface area contributed by atoms with E-state index in [2.05, 4.69) is 4.99 Å². The van der Waals surface area contributed by atoms with Crippen molar-refractivity contribution in [2.75, 3.05) is 14.2 Å². The SMILES string of the molecule is COc1ccc(OC)c([C@H]2C(C(=O)OC(C)C)=C(C)N=c3sc(=Cc4sccc4C)c(=O)n32)c1. The first-order valence-electron chi connectivity index (χ1n) is 10.7. The van der Waals surface area contributed by atoms with Gasteiger partial charge in [-0.05, 0) is 69.0 Å². The van der Waals surface area contributed by atoms with Gasteiger partial charge in [-0.25, -0.2) is 9.79 Å². The highest BCUT2D eigenvalue weighted by Crippen LogP contribution is 2.38. The van der Waals surface area contributed by atoms with Crippen LogP contribution < -0.4 is 24.4 Å². The number of hydrogen-bond acceptors (Lipinski definition) is 8. The number of hydrogen-bond donors (Lipinski definition) is 0. The molecule has 0 spiro atoms. The van der Waals surface area contributed by atoms with E-state index < -0.39 is 12.0 Å². The van der Waals surface area contributed by atoms with Crippen molar-refractivity contribution >= 4 is 34.7 Å². The van der Waals surface area contributed by atoms with Gasteiger partial charge in [-0.15, -0.1) is 11.3 Å². The normalized spacial score (nSPS) is 15.9. The van der Waals surface area contributed by atoms with Crippen LogP contribution in [0.15, 0.2) is 50.7 Å². The molecule has 34 heavy (non-hydrogen) atoms. The van der Waals surface area contributed by atoms with Crippen LogP contribution in [-0.2, 0) is 9.53 Å². The van der Waals surface area contributed by atoms with Gasteiger partial charge in [-0.2, -0.15) is 0 Å². The van der Waals surface area contributed by atoms with Crippen molar-refractivity contribution in [3.63, 3.8) is 0 Å². The molecular formula is C25H26N2O5S2. The van der Waals surface area contributed by atoms with Gasteiger partial charge >= 0.3 is 5.97 Å². The fraction of sp³-hybridized carbons (Fsp3) is 0.320. The molecule has 0 amide bonds. The Morgan fingerprint density at radius 2 is 1.94 bits per heavy atom. The molecule has 1 aromatic carbocycles. The molecule has 7 nitrogen and oxygen atoms in total. The van der Waals surface area contributed by atoms with Gasteiger partial charge in [0.05, 0.1) is 36.1 Å². The van der Waals surface area contributed by atoms with Crippen LogP contribution in [0.1, 0.15) is 42.8 Å². The fourth-order valence-electron chi connectivity index (χ4n) is 3.86. The monoisotopic (exact) mass is 498 g/mol. The molecule has 1 atom stereocenters. The number of allylic oxidation sites excluding steroid dienone is 1. The third kappa shape index (κ3) is 4.33. The van der Waals surface area contributed by atoms with E-state index in [1.54, 1.807) is 69.1 Å². The first-order chi connectivity index (χ1) is 16.2. The van der Waals surface area contributed by atoms with Crippen LogP contribution in [0.3, 0.4) is 0 Å². The van der Waals surface area contributed by atoms with Crippen LogP contribution in [0.25, 0.3) is 6.08 Å². The van der Waals surface area contributed by atoms with Crippen molar-refractivity contribution in [2.45, 2.75) is 39.8 Å². The summed E-state index contributed by atoms with van der Waals surface area (Å²) in [6.45, 7) is 7.34. The minimum Gasteiger partial charge on any atom is -0.497 e. The zero-order chi connectivity index (χ0) is 24.6. The maximum absolute atomic E-state index is 13.7. The molecule has 3 heterocycles. The van der Waals surface area contributed by atoms with E-state index in [0.29, 0.717) is 37.7 Å². The Hall–Kier alpha value is -3.17. The predicted octanol–water partition coefficient (Wildman–Crippen LogP) is 3.57. The number of methoxy groups -OCH3 is 2. The Morgan fingerprint density at radius 1 is 1.18 bits per heavy atom. The van der Waals surface area contributed by atoms with Crippen molar-refractivity contribution in [3.8, 4) is 11.5 Å². The van der Waals surface area contributed by atoms with E-state index in [4.69, 9.17) is 14.2 Å². The maximum atomic E-state index is 13.7. The molecule has 0 fully saturated rings. The van der Waals surface area contributed by atoms with Gasteiger partial charge in [0, 0.05) is 10.4 Å². The number of aromatic nitrogens is 1. The van der Waals surface area contributed by atoms with E-state index in [-0.39, 0.29) is 11.7 Å². The largest absolute Gasteiger partial charge is 0.497 e.